The number of nitrogens with zero attached hydrogens (tertiary/aromatic N) is 1. The summed E-state index contributed by atoms with van der Waals surface area (Å²) in [7, 11) is 1.25. The molecule has 0 spiro atoms. The van der Waals surface area contributed by atoms with Gasteiger partial charge in [0.2, 0.25) is 10.0 Å². The Balaban J connectivity index is 2.25. The summed E-state index contributed by atoms with van der Waals surface area (Å²) in [6.45, 7) is 3.62. The minimum absolute atomic E-state index is 0.269. The normalized spacial score (nSPS) is 12.2. The van der Waals surface area contributed by atoms with Gasteiger partial charge in [-0.3, -0.25) is 9.10 Å². The molecule has 28 heavy (non-hydrogen) atoms. The van der Waals surface area contributed by atoms with E-state index >= 15 is 0 Å². The van der Waals surface area contributed by atoms with Crippen LogP contribution in [-0.2, 0) is 10.0 Å². The summed E-state index contributed by atoms with van der Waals surface area (Å²) >= 11 is 0. The average Bonchev–Trinajstić information content (AvgIpc) is 2.65. The van der Waals surface area contributed by atoms with Crippen molar-refractivity contribution in [2.24, 2.45) is 0 Å². The minimum atomic E-state index is -3.37. The van der Waals surface area contributed by atoms with Crippen LogP contribution < -0.4 is 19.1 Å². The monoisotopic (exact) mass is 406 g/mol. The lowest BCUT2D eigenvalue weighted by molar-refractivity contribution is 0.0939. The quantitative estimate of drug-likeness (QED) is 0.764. The highest BCUT2D eigenvalue weighted by Crippen LogP contribution is 2.29. The number of hydrogen-bond acceptors (Lipinski definition) is 5. The van der Waals surface area contributed by atoms with E-state index in [0.717, 1.165) is 11.8 Å². The van der Waals surface area contributed by atoms with Crippen molar-refractivity contribution < 1.29 is 22.7 Å². The third kappa shape index (κ3) is 4.75. The first-order valence-corrected chi connectivity index (χ1v) is 10.5. The molecule has 1 N–H and O–H groups in total. The highest BCUT2D eigenvalue weighted by Gasteiger charge is 2.19. The maximum atomic E-state index is 12.7. The number of nitrogens with one attached hydrogen (secondary N) is 1. The Morgan fingerprint density at radius 3 is 2.32 bits per heavy atom. The fraction of sp³-hybridized carbons (Fsp3) is 0.350. The van der Waals surface area contributed by atoms with Crippen molar-refractivity contribution in [3.05, 3.63) is 53.1 Å². The molecule has 7 nitrogen and oxygen atoms in total. The lowest BCUT2D eigenvalue weighted by Crippen LogP contribution is -2.28. The van der Waals surface area contributed by atoms with Crippen LogP contribution in [0.15, 0.2) is 36.4 Å². The Morgan fingerprint density at radius 2 is 1.79 bits per heavy atom. The molecule has 0 unspecified atom stereocenters. The summed E-state index contributed by atoms with van der Waals surface area (Å²) in [4.78, 5) is 12.7. The van der Waals surface area contributed by atoms with Crippen molar-refractivity contribution in [2.45, 2.75) is 19.9 Å². The second-order valence-corrected chi connectivity index (χ2v) is 8.55. The summed E-state index contributed by atoms with van der Waals surface area (Å²) < 4.78 is 35.3. The van der Waals surface area contributed by atoms with Gasteiger partial charge in [0.15, 0.2) is 0 Å². The van der Waals surface area contributed by atoms with Gasteiger partial charge in [0, 0.05) is 18.2 Å². The first kappa shape index (κ1) is 21.6. The van der Waals surface area contributed by atoms with E-state index < -0.39 is 10.0 Å². The van der Waals surface area contributed by atoms with Gasteiger partial charge in [0.1, 0.15) is 11.5 Å². The topological polar surface area (TPSA) is 84.9 Å². The molecule has 0 radical (unpaired) electrons. The Bertz CT molecular complexity index is 973. The summed E-state index contributed by atoms with van der Waals surface area (Å²) in [5, 5.41) is 2.94. The van der Waals surface area contributed by atoms with E-state index in [0.29, 0.717) is 28.3 Å². The van der Waals surface area contributed by atoms with Crippen LogP contribution in [0.3, 0.4) is 0 Å². The number of ether oxygens (including phenoxy) is 2. The SMILES string of the molecule is COc1ccc(OC)c([C@H](C)NC(=O)c2ccc(N(C)S(C)(=O)=O)c(C)c2)c1. The molecule has 152 valence electrons. The first-order chi connectivity index (χ1) is 13.1. The predicted octanol–water partition coefficient (Wildman–Crippen LogP) is 2.90. The number of rotatable bonds is 7. The molecule has 0 heterocycles. The fourth-order valence-electron chi connectivity index (χ4n) is 2.86. The maximum Gasteiger partial charge on any atom is 0.251 e. The Morgan fingerprint density at radius 1 is 1.11 bits per heavy atom. The van der Waals surface area contributed by atoms with E-state index in [2.05, 4.69) is 5.32 Å². The van der Waals surface area contributed by atoms with E-state index in [1.165, 1.54) is 11.4 Å². The second kappa shape index (κ2) is 8.52. The van der Waals surface area contributed by atoms with Crippen molar-refractivity contribution in [2.75, 3.05) is 31.8 Å². The number of carbonyl (C=O) groups excluding carboxylic acids is 1. The molecule has 0 aliphatic rings. The number of amides is 1. The van der Waals surface area contributed by atoms with Crippen molar-refractivity contribution in [3.63, 3.8) is 0 Å². The van der Waals surface area contributed by atoms with Crippen LogP contribution in [0.25, 0.3) is 0 Å². The van der Waals surface area contributed by atoms with Crippen LogP contribution >= 0.6 is 0 Å². The zero-order chi connectivity index (χ0) is 21.1. The van der Waals surface area contributed by atoms with Gasteiger partial charge in [-0.15, -0.1) is 0 Å². The number of aryl methyl sites for hydroxylation is 1. The molecule has 2 aromatic carbocycles. The Hall–Kier alpha value is -2.74. The first-order valence-electron chi connectivity index (χ1n) is 8.65. The van der Waals surface area contributed by atoms with Crippen LogP contribution in [0.1, 0.15) is 34.5 Å². The van der Waals surface area contributed by atoms with E-state index in [4.69, 9.17) is 9.47 Å². The summed E-state index contributed by atoms with van der Waals surface area (Å²) in [6, 6.07) is 9.97. The summed E-state index contributed by atoms with van der Waals surface area (Å²) in [5.41, 5.74) is 2.45. The smallest absolute Gasteiger partial charge is 0.251 e. The lowest BCUT2D eigenvalue weighted by Gasteiger charge is -2.21. The van der Waals surface area contributed by atoms with E-state index in [1.807, 2.05) is 13.0 Å². The van der Waals surface area contributed by atoms with Gasteiger partial charge in [0.25, 0.3) is 5.91 Å². The van der Waals surface area contributed by atoms with E-state index in [-0.39, 0.29) is 11.9 Å². The minimum Gasteiger partial charge on any atom is -0.497 e. The molecule has 0 aliphatic carbocycles. The molecule has 1 atom stereocenters. The van der Waals surface area contributed by atoms with Crippen molar-refractivity contribution in [1.82, 2.24) is 5.32 Å². The molecular formula is C20H26N2O5S. The van der Waals surface area contributed by atoms with Gasteiger partial charge in [-0.25, -0.2) is 8.42 Å². The molecule has 1 amide bonds. The maximum absolute atomic E-state index is 12.7. The highest BCUT2D eigenvalue weighted by atomic mass is 32.2. The number of sulfonamides is 1. The van der Waals surface area contributed by atoms with E-state index in [1.54, 1.807) is 51.5 Å². The third-order valence-electron chi connectivity index (χ3n) is 4.55. The van der Waals surface area contributed by atoms with Crippen LogP contribution in [0, 0.1) is 6.92 Å². The van der Waals surface area contributed by atoms with Crippen molar-refractivity contribution in [1.29, 1.82) is 0 Å². The predicted molar refractivity (Wildman–Crippen MR) is 110 cm³/mol. The molecule has 0 saturated carbocycles. The van der Waals surface area contributed by atoms with Crippen LogP contribution in [-0.4, -0.2) is 41.8 Å². The fourth-order valence-corrected chi connectivity index (χ4v) is 3.43. The zero-order valence-electron chi connectivity index (χ0n) is 16.9. The second-order valence-electron chi connectivity index (χ2n) is 6.53. The molecule has 0 fully saturated rings. The van der Waals surface area contributed by atoms with Gasteiger partial charge >= 0.3 is 0 Å². The Labute approximate surface area is 166 Å². The molecule has 0 saturated heterocycles. The van der Waals surface area contributed by atoms with Crippen LogP contribution in [0.4, 0.5) is 5.69 Å². The van der Waals surface area contributed by atoms with Crippen molar-refractivity contribution >= 4 is 21.6 Å². The molecule has 2 aromatic rings. The van der Waals surface area contributed by atoms with Gasteiger partial charge in [-0.2, -0.15) is 0 Å². The van der Waals surface area contributed by atoms with Crippen LogP contribution in [0.5, 0.6) is 11.5 Å². The standard InChI is InChI=1S/C20H26N2O5S/c1-13-11-15(7-9-18(13)22(3)28(6,24)25)20(23)21-14(2)17-12-16(26-4)8-10-19(17)27-5/h7-12,14H,1-6H3,(H,21,23)/t14-/m0/s1. The largest absolute Gasteiger partial charge is 0.497 e. The molecule has 0 aliphatic heterocycles. The molecule has 2 rings (SSSR count). The number of hydrogen-bond donors (Lipinski definition) is 1. The van der Waals surface area contributed by atoms with Gasteiger partial charge in [-0.05, 0) is 55.8 Å². The molecule has 0 aromatic heterocycles. The van der Waals surface area contributed by atoms with Gasteiger partial charge in [-0.1, -0.05) is 0 Å². The average molecular weight is 407 g/mol. The van der Waals surface area contributed by atoms with Crippen molar-refractivity contribution in [3.8, 4) is 11.5 Å². The number of methoxy groups -OCH3 is 2. The van der Waals surface area contributed by atoms with Crippen LogP contribution in [0.2, 0.25) is 0 Å². The van der Waals surface area contributed by atoms with Gasteiger partial charge < -0.3 is 14.8 Å². The van der Waals surface area contributed by atoms with E-state index in [9.17, 15) is 13.2 Å². The lowest BCUT2D eigenvalue weighted by atomic mass is 10.0. The van der Waals surface area contributed by atoms with Gasteiger partial charge in [0.05, 0.1) is 32.2 Å². The number of benzene rings is 2. The zero-order valence-corrected chi connectivity index (χ0v) is 17.8. The summed E-state index contributed by atoms with van der Waals surface area (Å²) in [6.07, 6.45) is 1.14. The summed E-state index contributed by atoms with van der Waals surface area (Å²) in [5.74, 6) is 1.05. The molecule has 0 bridgehead atoms. The highest BCUT2D eigenvalue weighted by molar-refractivity contribution is 7.92. The molecule has 8 heteroatoms. The molecular weight excluding hydrogens is 380 g/mol. The number of carbonyl (C=O) groups is 1. The Kier molecular flexibility index (Phi) is 6.56. The number of anilines is 1. The third-order valence-corrected chi connectivity index (χ3v) is 5.74.